The molecule has 1 heterocycles. The number of benzene rings is 2. The Hall–Kier alpha value is -2.23. The molecule has 2 aromatic rings. The molecule has 160 valence electrons. The number of anilines is 2. The molecule has 2 aromatic carbocycles. The van der Waals surface area contributed by atoms with Gasteiger partial charge in [0.15, 0.2) is 0 Å². The molecule has 1 saturated heterocycles. The van der Waals surface area contributed by atoms with Crippen molar-refractivity contribution in [2.45, 2.75) is 31.1 Å². The fraction of sp³-hybridized carbons (Fsp3) is 0.333. The zero-order valence-electron chi connectivity index (χ0n) is 16.6. The van der Waals surface area contributed by atoms with Crippen LogP contribution in [-0.2, 0) is 19.6 Å². The van der Waals surface area contributed by atoms with Crippen LogP contribution in [0.4, 0.5) is 11.4 Å². The van der Waals surface area contributed by atoms with E-state index in [1.807, 2.05) is 31.2 Å². The second kappa shape index (κ2) is 9.72. The third kappa shape index (κ3) is 5.47. The standard InChI is InChI=1S/C21H24BrN3O4S/c1-2-3-10-23-30(28,29)19-9-5-7-17(13-19)24-21(27)15-11-20(26)25(14-15)18-8-4-6-16(22)12-18/h4-9,12-13,15,23H,2-3,10-11,14H2,1H3,(H,24,27). The van der Waals surface area contributed by atoms with Crippen LogP contribution in [0, 0.1) is 5.92 Å². The number of nitrogens with one attached hydrogen (secondary N) is 2. The van der Waals surface area contributed by atoms with Crippen molar-refractivity contribution in [1.29, 1.82) is 0 Å². The van der Waals surface area contributed by atoms with Crippen molar-refractivity contribution in [2.24, 2.45) is 5.92 Å². The first-order valence-electron chi connectivity index (χ1n) is 9.76. The van der Waals surface area contributed by atoms with Gasteiger partial charge in [-0.05, 0) is 42.8 Å². The summed E-state index contributed by atoms with van der Waals surface area (Å²) in [6, 6.07) is 13.5. The van der Waals surface area contributed by atoms with E-state index in [-0.39, 0.29) is 29.7 Å². The van der Waals surface area contributed by atoms with E-state index in [2.05, 4.69) is 26.0 Å². The number of amides is 2. The predicted molar refractivity (Wildman–Crippen MR) is 120 cm³/mol. The highest BCUT2D eigenvalue weighted by atomic mass is 79.9. The zero-order valence-corrected chi connectivity index (χ0v) is 19.0. The van der Waals surface area contributed by atoms with Crippen LogP contribution in [0.25, 0.3) is 0 Å². The van der Waals surface area contributed by atoms with Gasteiger partial charge in [-0.3, -0.25) is 9.59 Å². The molecule has 1 aliphatic rings. The Labute approximate surface area is 185 Å². The molecule has 2 N–H and O–H groups in total. The summed E-state index contributed by atoms with van der Waals surface area (Å²) in [4.78, 5) is 26.8. The Morgan fingerprint density at radius 3 is 2.70 bits per heavy atom. The molecule has 1 aliphatic heterocycles. The normalized spacial score (nSPS) is 16.7. The van der Waals surface area contributed by atoms with Crippen LogP contribution in [0.1, 0.15) is 26.2 Å². The second-order valence-corrected chi connectivity index (χ2v) is 9.84. The third-order valence-electron chi connectivity index (χ3n) is 4.85. The number of nitrogens with zero attached hydrogens (tertiary/aromatic N) is 1. The van der Waals surface area contributed by atoms with Gasteiger partial charge in [0.25, 0.3) is 0 Å². The lowest BCUT2D eigenvalue weighted by atomic mass is 10.1. The van der Waals surface area contributed by atoms with E-state index in [0.717, 1.165) is 23.0 Å². The van der Waals surface area contributed by atoms with Crippen molar-refractivity contribution < 1.29 is 18.0 Å². The van der Waals surface area contributed by atoms with Crippen molar-refractivity contribution in [3.8, 4) is 0 Å². The minimum absolute atomic E-state index is 0.0923. The Balaban J connectivity index is 1.67. The molecule has 0 saturated carbocycles. The Morgan fingerprint density at radius 1 is 1.20 bits per heavy atom. The lowest BCUT2D eigenvalue weighted by Crippen LogP contribution is -2.28. The molecule has 0 spiro atoms. The molecule has 7 nitrogen and oxygen atoms in total. The predicted octanol–water partition coefficient (Wildman–Crippen LogP) is 3.52. The van der Waals surface area contributed by atoms with Crippen LogP contribution in [0.15, 0.2) is 57.9 Å². The third-order valence-corrected chi connectivity index (χ3v) is 6.80. The topological polar surface area (TPSA) is 95.6 Å². The average Bonchev–Trinajstić information content (AvgIpc) is 3.10. The van der Waals surface area contributed by atoms with Gasteiger partial charge in [-0.25, -0.2) is 13.1 Å². The van der Waals surface area contributed by atoms with Crippen molar-refractivity contribution >= 4 is 49.1 Å². The summed E-state index contributed by atoms with van der Waals surface area (Å²) < 4.78 is 28.2. The monoisotopic (exact) mass is 493 g/mol. The summed E-state index contributed by atoms with van der Waals surface area (Å²) in [5.41, 5.74) is 1.11. The maximum absolute atomic E-state index is 12.7. The fourth-order valence-corrected chi connectivity index (χ4v) is 4.74. The maximum atomic E-state index is 12.7. The van der Waals surface area contributed by atoms with Crippen LogP contribution in [0.5, 0.6) is 0 Å². The number of hydrogen-bond acceptors (Lipinski definition) is 4. The number of carbonyl (C=O) groups is 2. The quantitative estimate of drug-likeness (QED) is 0.549. The van der Waals surface area contributed by atoms with E-state index in [4.69, 9.17) is 0 Å². The van der Waals surface area contributed by atoms with Crippen LogP contribution >= 0.6 is 15.9 Å². The van der Waals surface area contributed by atoms with Crippen molar-refractivity contribution in [3.05, 3.63) is 53.0 Å². The summed E-state index contributed by atoms with van der Waals surface area (Å²) in [6.45, 7) is 2.62. The molecule has 3 rings (SSSR count). The first kappa shape index (κ1) is 22.5. The Bertz CT molecular complexity index is 1040. The van der Waals surface area contributed by atoms with Crippen molar-refractivity contribution in [1.82, 2.24) is 4.72 Å². The van der Waals surface area contributed by atoms with Crippen LogP contribution in [0.2, 0.25) is 0 Å². The maximum Gasteiger partial charge on any atom is 0.240 e. The zero-order chi connectivity index (χ0) is 21.7. The average molecular weight is 494 g/mol. The first-order chi connectivity index (χ1) is 14.3. The lowest BCUT2D eigenvalue weighted by molar-refractivity contribution is -0.122. The van der Waals surface area contributed by atoms with Gasteiger partial charge in [-0.15, -0.1) is 0 Å². The molecule has 0 bridgehead atoms. The number of hydrogen-bond donors (Lipinski definition) is 2. The van der Waals surface area contributed by atoms with Gasteiger partial charge >= 0.3 is 0 Å². The highest BCUT2D eigenvalue weighted by molar-refractivity contribution is 9.10. The highest BCUT2D eigenvalue weighted by Gasteiger charge is 2.35. The minimum Gasteiger partial charge on any atom is -0.326 e. The van der Waals surface area contributed by atoms with Gasteiger partial charge in [0.1, 0.15) is 0 Å². The van der Waals surface area contributed by atoms with E-state index >= 15 is 0 Å². The number of carbonyl (C=O) groups excluding carboxylic acids is 2. The van der Waals surface area contributed by atoms with Gasteiger partial charge < -0.3 is 10.2 Å². The van der Waals surface area contributed by atoms with Gasteiger partial charge in [-0.2, -0.15) is 0 Å². The van der Waals surface area contributed by atoms with Gasteiger partial charge in [-0.1, -0.05) is 41.4 Å². The minimum atomic E-state index is -3.64. The molecule has 30 heavy (non-hydrogen) atoms. The molecule has 1 unspecified atom stereocenters. The molecule has 1 atom stereocenters. The Morgan fingerprint density at radius 2 is 1.97 bits per heavy atom. The highest BCUT2D eigenvalue weighted by Crippen LogP contribution is 2.28. The second-order valence-electron chi connectivity index (χ2n) is 7.15. The van der Waals surface area contributed by atoms with Gasteiger partial charge in [0.2, 0.25) is 21.8 Å². The summed E-state index contributed by atoms with van der Waals surface area (Å²) in [7, 11) is -3.64. The van der Waals surface area contributed by atoms with Crippen LogP contribution in [-0.4, -0.2) is 33.3 Å². The molecule has 2 amide bonds. The van der Waals surface area contributed by atoms with E-state index < -0.39 is 15.9 Å². The van der Waals surface area contributed by atoms with E-state index in [0.29, 0.717) is 12.2 Å². The van der Waals surface area contributed by atoms with Crippen LogP contribution in [0.3, 0.4) is 0 Å². The smallest absolute Gasteiger partial charge is 0.240 e. The van der Waals surface area contributed by atoms with Crippen molar-refractivity contribution in [3.63, 3.8) is 0 Å². The largest absolute Gasteiger partial charge is 0.326 e. The number of unbranched alkanes of at least 4 members (excludes halogenated alkanes) is 1. The molecule has 0 aliphatic carbocycles. The molecular weight excluding hydrogens is 470 g/mol. The molecule has 0 radical (unpaired) electrons. The number of sulfonamides is 1. The summed E-state index contributed by atoms with van der Waals surface area (Å²) in [5, 5.41) is 2.75. The van der Waals surface area contributed by atoms with Gasteiger partial charge in [0, 0.05) is 35.4 Å². The molecule has 1 fully saturated rings. The summed E-state index contributed by atoms with van der Waals surface area (Å²) >= 11 is 3.39. The van der Waals surface area contributed by atoms with E-state index in [9.17, 15) is 18.0 Å². The number of rotatable bonds is 8. The SMILES string of the molecule is CCCCNS(=O)(=O)c1cccc(NC(=O)C2CC(=O)N(c3cccc(Br)c3)C2)c1. The van der Waals surface area contributed by atoms with Gasteiger partial charge in [0.05, 0.1) is 10.8 Å². The first-order valence-corrected chi connectivity index (χ1v) is 12.0. The molecule has 0 aromatic heterocycles. The molecule has 9 heteroatoms. The van der Waals surface area contributed by atoms with E-state index in [1.165, 1.54) is 12.1 Å². The van der Waals surface area contributed by atoms with E-state index in [1.54, 1.807) is 17.0 Å². The summed E-state index contributed by atoms with van der Waals surface area (Å²) in [5.74, 6) is -0.946. The Kier molecular flexibility index (Phi) is 7.27. The fourth-order valence-electron chi connectivity index (χ4n) is 3.23. The van der Waals surface area contributed by atoms with Crippen molar-refractivity contribution in [2.75, 3.05) is 23.3 Å². The molecular formula is C21H24BrN3O4S. The lowest BCUT2D eigenvalue weighted by Gasteiger charge is -2.17. The van der Waals surface area contributed by atoms with Crippen LogP contribution < -0.4 is 14.9 Å². The summed E-state index contributed by atoms with van der Waals surface area (Å²) in [6.07, 6.45) is 1.74. The number of halogens is 1.